The lowest BCUT2D eigenvalue weighted by Crippen LogP contribution is -2.32. The zero-order valence-electron chi connectivity index (χ0n) is 12.1. The van der Waals surface area contributed by atoms with Gasteiger partial charge in [0.2, 0.25) is 10.0 Å². The van der Waals surface area contributed by atoms with Crippen LogP contribution in [0.4, 0.5) is 5.69 Å². The standard InChI is InChI=1S/C14H22N2O3S/c1-10(2)14(6-7-14)9-16-20(17,18)11-4-5-13(19-3)12(15)8-11/h4-5,8,10,16H,6-7,9,15H2,1-3H3. The second kappa shape index (κ2) is 5.26. The molecule has 0 heterocycles. The number of anilines is 1. The van der Waals surface area contributed by atoms with Crippen LogP contribution in [0, 0.1) is 11.3 Å². The van der Waals surface area contributed by atoms with E-state index in [1.807, 2.05) is 0 Å². The Morgan fingerprint density at radius 2 is 2.05 bits per heavy atom. The summed E-state index contributed by atoms with van der Waals surface area (Å²) in [7, 11) is -2.02. The molecule has 0 spiro atoms. The highest BCUT2D eigenvalue weighted by Gasteiger charge is 2.45. The first-order chi connectivity index (χ1) is 9.31. The maximum atomic E-state index is 12.3. The van der Waals surface area contributed by atoms with Gasteiger partial charge in [0.05, 0.1) is 17.7 Å². The molecule has 0 radical (unpaired) electrons. The third kappa shape index (κ3) is 2.91. The summed E-state index contributed by atoms with van der Waals surface area (Å²) in [5.74, 6) is 0.955. The molecule has 1 aromatic carbocycles. The van der Waals surface area contributed by atoms with Gasteiger partial charge in [0.25, 0.3) is 0 Å². The summed E-state index contributed by atoms with van der Waals surface area (Å²) in [4.78, 5) is 0.176. The first kappa shape index (κ1) is 15.1. The van der Waals surface area contributed by atoms with Crippen molar-refractivity contribution < 1.29 is 13.2 Å². The molecule has 1 aliphatic rings. The lowest BCUT2D eigenvalue weighted by Gasteiger charge is -2.20. The molecular weight excluding hydrogens is 276 g/mol. The Morgan fingerprint density at radius 1 is 1.40 bits per heavy atom. The normalized spacial score (nSPS) is 17.2. The summed E-state index contributed by atoms with van der Waals surface area (Å²) in [5.41, 5.74) is 6.20. The number of rotatable bonds is 6. The van der Waals surface area contributed by atoms with Gasteiger partial charge in [-0.1, -0.05) is 13.8 Å². The Bertz CT molecular complexity index is 592. The van der Waals surface area contributed by atoms with Crippen LogP contribution in [0.2, 0.25) is 0 Å². The molecule has 3 N–H and O–H groups in total. The lowest BCUT2D eigenvalue weighted by atomic mass is 9.93. The van der Waals surface area contributed by atoms with Gasteiger partial charge in [0, 0.05) is 6.54 Å². The number of nitrogens with two attached hydrogens (primary N) is 1. The predicted molar refractivity (Wildman–Crippen MR) is 79.1 cm³/mol. The smallest absolute Gasteiger partial charge is 0.240 e. The van der Waals surface area contributed by atoms with Crippen LogP contribution in [0.25, 0.3) is 0 Å². The molecule has 1 saturated carbocycles. The predicted octanol–water partition coefficient (Wildman–Crippen LogP) is 1.99. The van der Waals surface area contributed by atoms with Crippen molar-refractivity contribution in [3.05, 3.63) is 18.2 Å². The van der Waals surface area contributed by atoms with Crippen LogP contribution in [0.5, 0.6) is 5.75 Å². The third-order valence-electron chi connectivity index (χ3n) is 4.24. The SMILES string of the molecule is COc1ccc(S(=O)(=O)NCC2(C(C)C)CC2)cc1N. The number of hydrogen-bond donors (Lipinski definition) is 2. The number of ether oxygens (including phenoxy) is 1. The van der Waals surface area contributed by atoms with Crippen LogP contribution in [0.1, 0.15) is 26.7 Å². The molecule has 0 unspecified atom stereocenters. The number of sulfonamides is 1. The molecule has 1 aliphatic carbocycles. The van der Waals surface area contributed by atoms with Crippen molar-refractivity contribution in [3.63, 3.8) is 0 Å². The van der Waals surface area contributed by atoms with Gasteiger partial charge in [-0.05, 0) is 42.4 Å². The van der Waals surface area contributed by atoms with Crippen molar-refractivity contribution >= 4 is 15.7 Å². The molecule has 5 nitrogen and oxygen atoms in total. The van der Waals surface area contributed by atoms with E-state index in [1.54, 1.807) is 6.07 Å². The van der Waals surface area contributed by atoms with Gasteiger partial charge in [0.1, 0.15) is 5.75 Å². The van der Waals surface area contributed by atoms with Crippen molar-refractivity contribution in [3.8, 4) is 5.75 Å². The summed E-state index contributed by atoms with van der Waals surface area (Å²) in [6, 6.07) is 4.50. The van der Waals surface area contributed by atoms with E-state index in [9.17, 15) is 8.42 Å². The summed E-state index contributed by atoms with van der Waals surface area (Å²) in [6.07, 6.45) is 2.16. The van der Waals surface area contributed by atoms with E-state index >= 15 is 0 Å². The van der Waals surface area contributed by atoms with Crippen LogP contribution < -0.4 is 15.2 Å². The van der Waals surface area contributed by atoms with Crippen molar-refractivity contribution in [1.29, 1.82) is 0 Å². The quantitative estimate of drug-likeness (QED) is 0.787. The Balaban J connectivity index is 2.13. The van der Waals surface area contributed by atoms with Crippen molar-refractivity contribution in [1.82, 2.24) is 4.72 Å². The molecule has 0 saturated heterocycles. The van der Waals surface area contributed by atoms with E-state index in [0.717, 1.165) is 12.8 Å². The molecule has 112 valence electrons. The maximum absolute atomic E-state index is 12.3. The number of benzene rings is 1. The highest BCUT2D eigenvalue weighted by molar-refractivity contribution is 7.89. The van der Waals surface area contributed by atoms with Gasteiger partial charge < -0.3 is 10.5 Å². The van der Waals surface area contributed by atoms with Gasteiger partial charge >= 0.3 is 0 Å². The topological polar surface area (TPSA) is 81.4 Å². The lowest BCUT2D eigenvalue weighted by molar-refractivity contribution is 0.357. The molecule has 0 bridgehead atoms. The molecule has 0 aromatic heterocycles. The van der Waals surface area contributed by atoms with Crippen LogP contribution >= 0.6 is 0 Å². The van der Waals surface area contributed by atoms with E-state index in [4.69, 9.17) is 10.5 Å². The number of hydrogen-bond acceptors (Lipinski definition) is 4. The minimum absolute atomic E-state index is 0.130. The minimum atomic E-state index is -3.52. The van der Waals surface area contributed by atoms with Gasteiger partial charge in [-0.2, -0.15) is 0 Å². The van der Waals surface area contributed by atoms with Crippen molar-refractivity contribution in [2.24, 2.45) is 11.3 Å². The monoisotopic (exact) mass is 298 g/mol. The van der Waals surface area contributed by atoms with Crippen LogP contribution in [-0.4, -0.2) is 22.1 Å². The molecule has 0 atom stereocenters. The second-order valence-corrected chi connectivity index (χ2v) is 7.51. The fourth-order valence-corrected chi connectivity index (χ4v) is 3.49. The second-order valence-electron chi connectivity index (χ2n) is 5.75. The Hall–Kier alpha value is -1.27. The fourth-order valence-electron chi connectivity index (χ4n) is 2.32. The van der Waals surface area contributed by atoms with E-state index < -0.39 is 10.0 Å². The Labute approximate surface area is 120 Å². The fraction of sp³-hybridized carbons (Fsp3) is 0.571. The summed E-state index contributed by atoms with van der Waals surface area (Å²) < 4.78 is 32.3. The van der Waals surface area contributed by atoms with Gasteiger partial charge in [-0.3, -0.25) is 0 Å². The highest BCUT2D eigenvalue weighted by atomic mass is 32.2. The average molecular weight is 298 g/mol. The summed E-state index contributed by atoms with van der Waals surface area (Å²) in [6.45, 7) is 4.75. The van der Waals surface area contributed by atoms with E-state index in [1.165, 1.54) is 19.2 Å². The van der Waals surface area contributed by atoms with Gasteiger partial charge in [-0.15, -0.1) is 0 Å². The van der Waals surface area contributed by atoms with Crippen molar-refractivity contribution in [2.45, 2.75) is 31.6 Å². The molecule has 1 fully saturated rings. The van der Waals surface area contributed by atoms with Crippen LogP contribution in [0.3, 0.4) is 0 Å². The molecule has 2 rings (SSSR count). The molecule has 0 amide bonds. The largest absolute Gasteiger partial charge is 0.495 e. The first-order valence-corrected chi connectivity index (χ1v) is 8.22. The van der Waals surface area contributed by atoms with E-state index in [2.05, 4.69) is 18.6 Å². The van der Waals surface area contributed by atoms with Crippen LogP contribution in [0.15, 0.2) is 23.1 Å². The van der Waals surface area contributed by atoms with Crippen molar-refractivity contribution in [2.75, 3.05) is 19.4 Å². The van der Waals surface area contributed by atoms with Gasteiger partial charge in [0.15, 0.2) is 0 Å². The van der Waals surface area contributed by atoms with Gasteiger partial charge in [-0.25, -0.2) is 13.1 Å². The molecule has 20 heavy (non-hydrogen) atoms. The summed E-state index contributed by atoms with van der Waals surface area (Å²) in [5, 5.41) is 0. The minimum Gasteiger partial charge on any atom is -0.495 e. The number of nitrogen functional groups attached to an aromatic ring is 1. The Morgan fingerprint density at radius 3 is 2.50 bits per heavy atom. The Kier molecular flexibility index (Phi) is 3.97. The van der Waals surface area contributed by atoms with E-state index in [-0.39, 0.29) is 10.3 Å². The molecular formula is C14H22N2O3S. The number of methoxy groups -OCH3 is 1. The van der Waals surface area contributed by atoms with E-state index in [0.29, 0.717) is 23.9 Å². The molecule has 6 heteroatoms. The third-order valence-corrected chi connectivity index (χ3v) is 5.64. The molecule has 1 aromatic rings. The zero-order valence-corrected chi connectivity index (χ0v) is 13.0. The highest BCUT2D eigenvalue weighted by Crippen LogP contribution is 2.51. The number of nitrogens with one attached hydrogen (secondary N) is 1. The summed E-state index contributed by atoms with van der Waals surface area (Å²) >= 11 is 0. The maximum Gasteiger partial charge on any atom is 0.240 e. The molecule has 0 aliphatic heterocycles. The first-order valence-electron chi connectivity index (χ1n) is 6.74. The average Bonchev–Trinajstić information content (AvgIpc) is 3.17. The zero-order chi connectivity index (χ0) is 15.0. The van der Waals surface area contributed by atoms with Crippen LogP contribution in [-0.2, 0) is 10.0 Å².